The molecule has 1 N–H and O–H groups in total. The first-order valence-electron chi connectivity index (χ1n) is 9.90. The SMILES string of the molecule is CCc1noc(C)c1C(=O)N(Cc1nc2ccccc2c(=O)[nH]1)C[C@@H]1CCCO1. The number of hydrogen-bond acceptors (Lipinski definition) is 6. The average Bonchev–Trinajstić information content (AvgIpc) is 3.36. The largest absolute Gasteiger partial charge is 0.376 e. The van der Waals surface area contributed by atoms with Gasteiger partial charge < -0.3 is 19.1 Å². The molecule has 0 aliphatic carbocycles. The number of aromatic amines is 1. The Balaban J connectivity index is 1.68. The van der Waals surface area contributed by atoms with Crippen LogP contribution in [0.2, 0.25) is 0 Å². The molecule has 1 fully saturated rings. The molecule has 8 nitrogen and oxygen atoms in total. The lowest BCUT2D eigenvalue weighted by Gasteiger charge is -2.25. The zero-order chi connectivity index (χ0) is 20.4. The molecule has 0 unspecified atom stereocenters. The maximum atomic E-state index is 13.4. The summed E-state index contributed by atoms with van der Waals surface area (Å²) in [6.07, 6.45) is 2.44. The average molecular weight is 396 g/mol. The molecule has 0 radical (unpaired) electrons. The molecule has 1 saturated heterocycles. The van der Waals surface area contributed by atoms with Gasteiger partial charge in [0.05, 0.1) is 29.2 Å². The van der Waals surface area contributed by atoms with Crippen LogP contribution in [-0.2, 0) is 17.7 Å². The van der Waals surface area contributed by atoms with E-state index in [4.69, 9.17) is 9.26 Å². The highest BCUT2D eigenvalue weighted by molar-refractivity contribution is 5.96. The molecule has 152 valence electrons. The van der Waals surface area contributed by atoms with E-state index in [2.05, 4.69) is 15.1 Å². The summed E-state index contributed by atoms with van der Waals surface area (Å²) < 4.78 is 11.0. The third-order valence-corrected chi connectivity index (χ3v) is 5.22. The summed E-state index contributed by atoms with van der Waals surface area (Å²) in [6.45, 7) is 4.96. The first kappa shape index (κ1) is 19.3. The van der Waals surface area contributed by atoms with Crippen LogP contribution in [0.1, 0.15) is 47.4 Å². The summed E-state index contributed by atoms with van der Waals surface area (Å²) in [5, 5.41) is 4.53. The number of carbonyl (C=O) groups excluding carboxylic acids is 1. The number of hydrogen-bond donors (Lipinski definition) is 1. The van der Waals surface area contributed by atoms with E-state index in [1.807, 2.05) is 13.0 Å². The van der Waals surface area contributed by atoms with Gasteiger partial charge in [-0.05, 0) is 38.3 Å². The molecule has 1 atom stereocenters. The summed E-state index contributed by atoms with van der Waals surface area (Å²) in [5.41, 5.74) is 1.50. The summed E-state index contributed by atoms with van der Waals surface area (Å²) in [7, 11) is 0. The predicted molar refractivity (Wildman–Crippen MR) is 107 cm³/mol. The number of H-pyrrole nitrogens is 1. The van der Waals surface area contributed by atoms with Gasteiger partial charge in [-0.2, -0.15) is 0 Å². The fraction of sp³-hybridized carbons (Fsp3) is 0.429. The van der Waals surface area contributed by atoms with Crippen LogP contribution >= 0.6 is 0 Å². The Hall–Kier alpha value is -3.00. The molecular formula is C21H24N4O4. The van der Waals surface area contributed by atoms with Crippen molar-refractivity contribution in [3.63, 3.8) is 0 Å². The molecule has 2 aromatic heterocycles. The van der Waals surface area contributed by atoms with Gasteiger partial charge in [0.25, 0.3) is 11.5 Å². The second kappa shape index (κ2) is 8.16. The monoisotopic (exact) mass is 396 g/mol. The molecule has 8 heteroatoms. The first-order chi connectivity index (χ1) is 14.1. The Kier molecular flexibility index (Phi) is 5.44. The van der Waals surface area contributed by atoms with Crippen LogP contribution in [0.4, 0.5) is 0 Å². The van der Waals surface area contributed by atoms with Gasteiger partial charge in [0, 0.05) is 13.2 Å². The van der Waals surface area contributed by atoms with Crippen molar-refractivity contribution < 1.29 is 14.1 Å². The van der Waals surface area contributed by atoms with Crippen LogP contribution in [0.15, 0.2) is 33.6 Å². The number of amides is 1. The number of fused-ring (bicyclic) bond motifs is 1. The zero-order valence-corrected chi connectivity index (χ0v) is 16.6. The van der Waals surface area contributed by atoms with E-state index in [1.165, 1.54) is 0 Å². The smallest absolute Gasteiger partial charge is 0.259 e. The topological polar surface area (TPSA) is 101 Å². The Morgan fingerprint density at radius 3 is 2.93 bits per heavy atom. The maximum Gasteiger partial charge on any atom is 0.259 e. The van der Waals surface area contributed by atoms with Crippen molar-refractivity contribution in [2.45, 2.75) is 45.8 Å². The zero-order valence-electron chi connectivity index (χ0n) is 16.6. The van der Waals surface area contributed by atoms with E-state index in [0.29, 0.717) is 53.3 Å². The molecule has 0 bridgehead atoms. The van der Waals surface area contributed by atoms with Crippen LogP contribution in [-0.4, -0.2) is 45.2 Å². The number of para-hydroxylation sites is 1. The molecule has 0 saturated carbocycles. The van der Waals surface area contributed by atoms with E-state index in [1.54, 1.807) is 30.0 Å². The lowest BCUT2D eigenvalue weighted by atomic mass is 10.1. The Morgan fingerprint density at radius 1 is 1.34 bits per heavy atom. The van der Waals surface area contributed by atoms with Crippen molar-refractivity contribution in [3.05, 3.63) is 57.5 Å². The summed E-state index contributed by atoms with van der Waals surface area (Å²) >= 11 is 0. The normalized spacial score (nSPS) is 16.4. The highest BCUT2D eigenvalue weighted by Crippen LogP contribution is 2.21. The second-order valence-corrected chi connectivity index (χ2v) is 7.26. The molecule has 1 aromatic carbocycles. The molecular weight excluding hydrogens is 372 g/mol. The minimum atomic E-state index is -0.217. The van der Waals surface area contributed by atoms with E-state index in [0.717, 1.165) is 12.8 Å². The van der Waals surface area contributed by atoms with E-state index < -0.39 is 0 Å². The summed E-state index contributed by atoms with van der Waals surface area (Å²) in [4.78, 5) is 34.9. The number of nitrogens with zero attached hydrogens (tertiary/aromatic N) is 3. The van der Waals surface area contributed by atoms with Crippen LogP contribution in [0.25, 0.3) is 10.9 Å². The molecule has 1 aliphatic rings. The van der Waals surface area contributed by atoms with Gasteiger partial charge in [-0.25, -0.2) is 4.98 Å². The number of nitrogens with one attached hydrogen (secondary N) is 1. The Bertz CT molecular complexity index is 1080. The van der Waals surface area contributed by atoms with Gasteiger partial charge in [0.15, 0.2) is 0 Å². The van der Waals surface area contributed by atoms with Crippen molar-refractivity contribution in [1.29, 1.82) is 0 Å². The predicted octanol–water partition coefficient (Wildman–Crippen LogP) is 2.60. The van der Waals surface area contributed by atoms with Crippen LogP contribution in [0.5, 0.6) is 0 Å². The van der Waals surface area contributed by atoms with Gasteiger partial charge in [0.2, 0.25) is 0 Å². The van der Waals surface area contributed by atoms with Crippen LogP contribution in [0.3, 0.4) is 0 Å². The molecule has 0 spiro atoms. The fourth-order valence-corrected chi connectivity index (χ4v) is 3.74. The molecule has 3 heterocycles. The minimum absolute atomic E-state index is 0.0311. The Morgan fingerprint density at radius 2 is 2.17 bits per heavy atom. The van der Waals surface area contributed by atoms with E-state index in [9.17, 15) is 9.59 Å². The van der Waals surface area contributed by atoms with Gasteiger partial charge in [-0.15, -0.1) is 0 Å². The highest BCUT2D eigenvalue weighted by Gasteiger charge is 2.28. The van der Waals surface area contributed by atoms with Gasteiger partial charge in [-0.1, -0.05) is 24.2 Å². The van der Waals surface area contributed by atoms with Crippen LogP contribution in [0, 0.1) is 6.92 Å². The summed E-state index contributed by atoms with van der Waals surface area (Å²) in [5.74, 6) is 0.739. The molecule has 3 aromatic rings. The van der Waals surface area contributed by atoms with Gasteiger partial charge in [-0.3, -0.25) is 9.59 Å². The van der Waals surface area contributed by atoms with Gasteiger partial charge >= 0.3 is 0 Å². The number of carbonyl (C=O) groups is 1. The highest BCUT2D eigenvalue weighted by atomic mass is 16.5. The molecule has 4 rings (SSSR count). The lowest BCUT2D eigenvalue weighted by Crippen LogP contribution is -2.38. The molecule has 1 aliphatic heterocycles. The van der Waals surface area contributed by atoms with Crippen molar-refractivity contribution >= 4 is 16.8 Å². The second-order valence-electron chi connectivity index (χ2n) is 7.26. The molecule has 29 heavy (non-hydrogen) atoms. The number of rotatable bonds is 6. The number of benzene rings is 1. The maximum absolute atomic E-state index is 13.4. The van der Waals surface area contributed by atoms with E-state index >= 15 is 0 Å². The first-order valence-corrected chi connectivity index (χ1v) is 9.90. The van der Waals surface area contributed by atoms with Crippen molar-refractivity contribution in [3.8, 4) is 0 Å². The fourth-order valence-electron chi connectivity index (χ4n) is 3.74. The third-order valence-electron chi connectivity index (χ3n) is 5.22. The standard InChI is InChI=1S/C21H24N4O4/c1-3-16-19(13(2)29-24-16)21(27)25(11-14-7-6-10-28-14)12-18-22-17-9-5-4-8-15(17)20(26)23-18/h4-5,8-9,14H,3,6-7,10-12H2,1-2H3,(H,22,23,26)/t14-/m0/s1. The number of aryl methyl sites for hydroxylation is 2. The number of aromatic nitrogens is 3. The summed E-state index contributed by atoms with van der Waals surface area (Å²) in [6, 6.07) is 7.16. The van der Waals surface area contributed by atoms with Crippen molar-refractivity contribution in [2.24, 2.45) is 0 Å². The van der Waals surface area contributed by atoms with Crippen molar-refractivity contribution in [2.75, 3.05) is 13.2 Å². The quantitative estimate of drug-likeness (QED) is 0.687. The molecule has 1 amide bonds. The Labute approximate surface area is 167 Å². The van der Waals surface area contributed by atoms with Crippen molar-refractivity contribution in [1.82, 2.24) is 20.0 Å². The number of ether oxygens (including phenoxy) is 1. The van der Waals surface area contributed by atoms with Gasteiger partial charge in [0.1, 0.15) is 17.1 Å². The minimum Gasteiger partial charge on any atom is -0.376 e. The third kappa shape index (κ3) is 3.93. The lowest BCUT2D eigenvalue weighted by molar-refractivity contribution is 0.0499. The van der Waals surface area contributed by atoms with E-state index in [-0.39, 0.29) is 24.1 Å². The van der Waals surface area contributed by atoms with Crippen LogP contribution < -0.4 is 5.56 Å².